The molecular weight excluding hydrogens is 289 g/mol. The van der Waals surface area contributed by atoms with Gasteiger partial charge in [0.05, 0.1) is 0 Å². The first-order valence-electron chi connectivity index (χ1n) is 5.70. The Morgan fingerprint density at radius 1 is 1.06 bits per heavy atom. The van der Waals surface area contributed by atoms with Crippen LogP contribution in [0.1, 0.15) is 5.82 Å². The van der Waals surface area contributed by atoms with E-state index in [1.165, 1.54) is 8.92 Å². The van der Waals surface area contributed by atoms with Gasteiger partial charge in [-0.15, -0.1) is 0 Å². The molecule has 18 heavy (non-hydrogen) atoms. The molecular formula is C14H13N3Se. The van der Waals surface area contributed by atoms with Crippen molar-refractivity contribution in [3.8, 4) is 0 Å². The Kier molecular flexibility index (Phi) is 2.82. The summed E-state index contributed by atoms with van der Waals surface area (Å²) in [5.41, 5.74) is 8.65. The monoisotopic (exact) mass is 303 g/mol. The topological polar surface area (TPSA) is 54.7 Å². The van der Waals surface area contributed by atoms with Crippen LogP contribution < -0.4 is 14.7 Å². The van der Waals surface area contributed by atoms with Crippen LogP contribution in [0.4, 0.5) is 5.69 Å². The van der Waals surface area contributed by atoms with Crippen LogP contribution in [0.5, 0.6) is 0 Å². The maximum atomic E-state index is 5.69. The zero-order valence-corrected chi connectivity index (χ0v) is 11.7. The van der Waals surface area contributed by atoms with Crippen molar-refractivity contribution in [2.75, 3.05) is 5.73 Å². The molecule has 0 fully saturated rings. The summed E-state index contributed by atoms with van der Waals surface area (Å²) < 4.78 is 2.66. The standard InChI is InChI=1S/C14H13N3Se/c1-9-16-13-7-6-12(8-14(13)17-9)18-11-4-2-10(15)3-5-11/h2-8H,15H2,1H3,(H,16,17). The number of H-pyrrole nitrogens is 1. The molecule has 4 heteroatoms. The van der Waals surface area contributed by atoms with Crippen molar-refractivity contribution in [3.63, 3.8) is 0 Å². The van der Waals surface area contributed by atoms with Gasteiger partial charge in [-0.25, -0.2) is 0 Å². The fourth-order valence-corrected chi connectivity index (χ4v) is 3.65. The number of aromatic nitrogens is 2. The number of nitrogens with two attached hydrogens (primary N) is 1. The van der Waals surface area contributed by atoms with Gasteiger partial charge in [-0.05, 0) is 0 Å². The molecule has 90 valence electrons. The first kappa shape index (κ1) is 11.3. The summed E-state index contributed by atoms with van der Waals surface area (Å²) in [7, 11) is 0. The summed E-state index contributed by atoms with van der Waals surface area (Å²) in [6.07, 6.45) is 0. The van der Waals surface area contributed by atoms with E-state index in [2.05, 4.69) is 40.3 Å². The molecule has 3 aromatic rings. The number of hydrogen-bond acceptors (Lipinski definition) is 2. The van der Waals surface area contributed by atoms with E-state index in [4.69, 9.17) is 5.73 Å². The van der Waals surface area contributed by atoms with Gasteiger partial charge in [-0.1, -0.05) is 0 Å². The third kappa shape index (κ3) is 2.26. The van der Waals surface area contributed by atoms with Crippen molar-refractivity contribution in [2.45, 2.75) is 6.92 Å². The van der Waals surface area contributed by atoms with E-state index in [1.54, 1.807) is 0 Å². The number of aryl methyl sites for hydroxylation is 1. The van der Waals surface area contributed by atoms with E-state index in [0.29, 0.717) is 15.0 Å². The molecule has 2 aromatic carbocycles. The summed E-state index contributed by atoms with van der Waals surface area (Å²) in [4.78, 5) is 7.68. The molecule has 0 radical (unpaired) electrons. The number of aromatic amines is 1. The number of anilines is 1. The maximum absolute atomic E-state index is 5.69. The second-order valence-corrected chi connectivity index (χ2v) is 6.58. The van der Waals surface area contributed by atoms with Gasteiger partial charge in [-0.3, -0.25) is 0 Å². The average Bonchev–Trinajstić information content (AvgIpc) is 2.71. The second kappa shape index (κ2) is 4.48. The molecule has 0 saturated carbocycles. The van der Waals surface area contributed by atoms with E-state index >= 15 is 0 Å². The number of nitrogen functional groups attached to an aromatic ring is 1. The first-order valence-corrected chi connectivity index (χ1v) is 7.42. The molecule has 1 heterocycles. The predicted molar refractivity (Wildman–Crippen MR) is 76.7 cm³/mol. The average molecular weight is 302 g/mol. The number of imidazole rings is 1. The number of hydrogen-bond donors (Lipinski definition) is 2. The Bertz CT molecular complexity index is 686. The van der Waals surface area contributed by atoms with Crippen LogP contribution in [-0.4, -0.2) is 24.9 Å². The molecule has 0 aliphatic rings. The SMILES string of the molecule is Cc1nc2ccc([Se]c3ccc(N)cc3)cc2[nH]1. The van der Waals surface area contributed by atoms with Crippen LogP contribution in [0, 0.1) is 6.92 Å². The molecule has 0 unspecified atom stereocenters. The van der Waals surface area contributed by atoms with Gasteiger partial charge in [0.2, 0.25) is 0 Å². The van der Waals surface area contributed by atoms with Crippen LogP contribution in [0.3, 0.4) is 0 Å². The molecule has 3 N–H and O–H groups in total. The Morgan fingerprint density at radius 2 is 1.78 bits per heavy atom. The van der Waals surface area contributed by atoms with Gasteiger partial charge >= 0.3 is 112 Å². The molecule has 0 aliphatic heterocycles. The van der Waals surface area contributed by atoms with Crippen molar-refractivity contribution < 1.29 is 0 Å². The molecule has 1 aromatic heterocycles. The summed E-state index contributed by atoms with van der Waals surface area (Å²) in [5.74, 6) is 0.960. The van der Waals surface area contributed by atoms with Crippen LogP contribution in [0.15, 0.2) is 42.5 Å². The van der Waals surface area contributed by atoms with Crippen LogP contribution in [-0.2, 0) is 0 Å². The summed E-state index contributed by atoms with van der Waals surface area (Å²) in [6, 6.07) is 14.5. The number of fused-ring (bicyclic) bond motifs is 1. The Morgan fingerprint density at radius 3 is 2.56 bits per heavy atom. The number of nitrogens with zero attached hydrogens (tertiary/aromatic N) is 1. The zero-order valence-electron chi connectivity index (χ0n) is 9.97. The number of rotatable bonds is 2. The van der Waals surface area contributed by atoms with Gasteiger partial charge < -0.3 is 0 Å². The molecule has 0 amide bonds. The molecule has 3 nitrogen and oxygen atoms in total. The van der Waals surface area contributed by atoms with Gasteiger partial charge in [0.1, 0.15) is 0 Å². The summed E-state index contributed by atoms with van der Waals surface area (Å²) >= 11 is 0.306. The van der Waals surface area contributed by atoms with E-state index in [9.17, 15) is 0 Å². The number of nitrogens with one attached hydrogen (secondary N) is 1. The Hall–Kier alpha value is -1.77. The third-order valence-corrected chi connectivity index (χ3v) is 4.78. The fraction of sp³-hybridized carbons (Fsp3) is 0.0714. The van der Waals surface area contributed by atoms with Crippen molar-refractivity contribution in [3.05, 3.63) is 48.3 Å². The zero-order chi connectivity index (χ0) is 12.5. The van der Waals surface area contributed by atoms with Crippen LogP contribution >= 0.6 is 0 Å². The summed E-state index contributed by atoms with van der Waals surface area (Å²) in [5, 5.41) is 0. The van der Waals surface area contributed by atoms with Gasteiger partial charge in [0, 0.05) is 0 Å². The molecule has 0 saturated heterocycles. The quantitative estimate of drug-likeness (QED) is 0.550. The van der Waals surface area contributed by atoms with Crippen LogP contribution in [0.2, 0.25) is 0 Å². The van der Waals surface area contributed by atoms with Crippen molar-refractivity contribution in [2.24, 2.45) is 0 Å². The summed E-state index contributed by atoms with van der Waals surface area (Å²) in [6.45, 7) is 1.98. The second-order valence-electron chi connectivity index (χ2n) is 4.17. The van der Waals surface area contributed by atoms with E-state index in [1.807, 2.05) is 19.1 Å². The molecule has 0 aliphatic carbocycles. The predicted octanol–water partition coefficient (Wildman–Crippen LogP) is 1.11. The third-order valence-electron chi connectivity index (χ3n) is 2.69. The Balaban J connectivity index is 1.92. The molecule has 3 rings (SSSR count). The normalized spacial score (nSPS) is 10.9. The molecule has 0 atom stereocenters. The number of benzene rings is 2. The Labute approximate surface area is 112 Å². The minimum absolute atomic E-state index is 0.306. The molecule has 0 spiro atoms. The van der Waals surface area contributed by atoms with E-state index in [0.717, 1.165) is 22.5 Å². The van der Waals surface area contributed by atoms with E-state index < -0.39 is 0 Å². The van der Waals surface area contributed by atoms with E-state index in [-0.39, 0.29) is 0 Å². The van der Waals surface area contributed by atoms with Crippen molar-refractivity contribution in [1.82, 2.24) is 9.97 Å². The minimum atomic E-state index is 0.306. The van der Waals surface area contributed by atoms with Gasteiger partial charge in [0.25, 0.3) is 0 Å². The van der Waals surface area contributed by atoms with Gasteiger partial charge in [0.15, 0.2) is 0 Å². The first-order chi connectivity index (χ1) is 8.70. The van der Waals surface area contributed by atoms with Gasteiger partial charge in [-0.2, -0.15) is 0 Å². The molecule has 0 bridgehead atoms. The fourth-order valence-electron chi connectivity index (χ4n) is 1.85. The van der Waals surface area contributed by atoms with Crippen molar-refractivity contribution in [1.29, 1.82) is 0 Å². The van der Waals surface area contributed by atoms with Crippen molar-refractivity contribution >= 4 is 40.6 Å². The van der Waals surface area contributed by atoms with Crippen LogP contribution in [0.25, 0.3) is 11.0 Å².